The Hall–Kier alpha value is -2.12. The summed E-state index contributed by atoms with van der Waals surface area (Å²) in [6.07, 6.45) is -10.0. The average Bonchev–Trinajstić information content (AvgIpc) is 2.35. The highest BCUT2D eigenvalue weighted by atomic mass is 19.4. The largest absolute Gasteiger partial charge is 0.417 e. The third-order valence-corrected chi connectivity index (χ3v) is 2.86. The van der Waals surface area contributed by atoms with Crippen LogP contribution in [0.3, 0.4) is 0 Å². The summed E-state index contributed by atoms with van der Waals surface area (Å²) < 4.78 is 104. The van der Waals surface area contributed by atoms with Gasteiger partial charge in [-0.1, -0.05) is 0 Å². The highest BCUT2D eigenvalue weighted by Crippen LogP contribution is 2.42. The summed E-state index contributed by atoms with van der Waals surface area (Å²) in [6.45, 7) is 0. The first kappa shape index (κ1) is 16.3. The number of hydrogen-bond acceptors (Lipinski definition) is 0. The van der Waals surface area contributed by atoms with E-state index in [0.717, 1.165) is 0 Å². The van der Waals surface area contributed by atoms with E-state index in [1.807, 2.05) is 0 Å². The van der Waals surface area contributed by atoms with Crippen LogP contribution in [-0.2, 0) is 12.4 Å². The fourth-order valence-electron chi connectivity index (χ4n) is 1.97. The molecule has 0 aliphatic heterocycles. The molecule has 0 bridgehead atoms. The highest BCUT2D eigenvalue weighted by Gasteiger charge is 2.38. The third kappa shape index (κ3) is 3.20. The van der Waals surface area contributed by atoms with Crippen LogP contribution in [0.15, 0.2) is 36.4 Å². The van der Waals surface area contributed by atoms with Gasteiger partial charge in [0.1, 0.15) is 11.6 Å². The maximum atomic E-state index is 13.2. The molecule has 0 fully saturated rings. The zero-order valence-corrected chi connectivity index (χ0v) is 10.5. The van der Waals surface area contributed by atoms with Crippen molar-refractivity contribution >= 4 is 0 Å². The van der Waals surface area contributed by atoms with Gasteiger partial charge in [-0.25, -0.2) is 8.78 Å². The van der Waals surface area contributed by atoms with Crippen molar-refractivity contribution in [2.45, 2.75) is 12.4 Å². The Kier molecular flexibility index (Phi) is 3.88. The molecule has 0 amide bonds. The Labute approximate surface area is 119 Å². The molecule has 0 unspecified atom stereocenters. The van der Waals surface area contributed by atoms with Crippen LogP contribution < -0.4 is 0 Å². The van der Waals surface area contributed by atoms with E-state index in [2.05, 4.69) is 0 Å². The first-order chi connectivity index (χ1) is 10.00. The molecule has 0 saturated heterocycles. The van der Waals surface area contributed by atoms with E-state index < -0.39 is 46.2 Å². The Morgan fingerprint density at radius 2 is 0.864 bits per heavy atom. The van der Waals surface area contributed by atoms with E-state index in [0.29, 0.717) is 36.4 Å². The van der Waals surface area contributed by atoms with E-state index in [1.165, 1.54) is 0 Å². The van der Waals surface area contributed by atoms with Gasteiger partial charge in [0, 0.05) is 0 Å². The van der Waals surface area contributed by atoms with Crippen LogP contribution in [0.5, 0.6) is 0 Å². The lowest BCUT2D eigenvalue weighted by molar-refractivity contribution is -0.139. The fourth-order valence-corrected chi connectivity index (χ4v) is 1.97. The summed E-state index contributed by atoms with van der Waals surface area (Å²) >= 11 is 0. The first-order valence-electron chi connectivity index (χ1n) is 5.74. The van der Waals surface area contributed by atoms with Crippen LogP contribution in [0.1, 0.15) is 11.1 Å². The molecule has 118 valence electrons. The lowest BCUT2D eigenvalue weighted by atomic mass is 9.94. The van der Waals surface area contributed by atoms with Crippen molar-refractivity contribution in [3.63, 3.8) is 0 Å². The van der Waals surface area contributed by atoms with Gasteiger partial charge in [-0.05, 0) is 47.5 Å². The monoisotopic (exact) mass is 326 g/mol. The maximum Gasteiger partial charge on any atom is 0.417 e. The molecule has 0 aliphatic rings. The van der Waals surface area contributed by atoms with Crippen LogP contribution in [0.2, 0.25) is 0 Å². The maximum absolute atomic E-state index is 13.2. The van der Waals surface area contributed by atoms with Gasteiger partial charge in [-0.3, -0.25) is 0 Å². The van der Waals surface area contributed by atoms with E-state index in [-0.39, 0.29) is 0 Å². The lowest BCUT2D eigenvalue weighted by Gasteiger charge is -2.17. The summed E-state index contributed by atoms with van der Waals surface area (Å²) in [7, 11) is 0. The molecular weight excluding hydrogens is 320 g/mol. The van der Waals surface area contributed by atoms with E-state index in [9.17, 15) is 35.1 Å². The summed E-state index contributed by atoms with van der Waals surface area (Å²) in [5.41, 5.74) is -5.10. The average molecular weight is 326 g/mol. The molecule has 0 spiro atoms. The zero-order chi connectivity index (χ0) is 16.7. The minimum atomic E-state index is -5.02. The van der Waals surface area contributed by atoms with Crippen LogP contribution in [-0.4, -0.2) is 0 Å². The van der Waals surface area contributed by atoms with Gasteiger partial charge < -0.3 is 0 Å². The number of alkyl halides is 6. The minimum Gasteiger partial charge on any atom is -0.207 e. The molecule has 22 heavy (non-hydrogen) atoms. The molecule has 2 rings (SSSR count). The summed E-state index contributed by atoms with van der Waals surface area (Å²) in [6, 6.07) is 2.17. The van der Waals surface area contributed by atoms with Crippen LogP contribution in [0, 0.1) is 11.6 Å². The number of halogens is 8. The number of benzene rings is 2. The molecule has 8 heteroatoms. The second-order valence-electron chi connectivity index (χ2n) is 4.38. The van der Waals surface area contributed by atoms with E-state index in [1.54, 1.807) is 0 Å². The fraction of sp³-hybridized carbons (Fsp3) is 0.143. The predicted molar refractivity (Wildman–Crippen MR) is 61.8 cm³/mol. The van der Waals surface area contributed by atoms with Gasteiger partial charge in [0.2, 0.25) is 0 Å². The summed E-state index contributed by atoms with van der Waals surface area (Å²) in [5, 5.41) is 0. The van der Waals surface area contributed by atoms with Crippen molar-refractivity contribution in [3.8, 4) is 11.1 Å². The van der Waals surface area contributed by atoms with E-state index >= 15 is 0 Å². The number of hydrogen-bond donors (Lipinski definition) is 0. The standard InChI is InChI=1S/C14H6F8/c15-7-1-3-11(13(17,18)19)9(5-7)10-6-8(16)2-4-12(10)14(20,21)22/h1-6H. The van der Waals surface area contributed by atoms with Gasteiger partial charge >= 0.3 is 12.4 Å². The smallest absolute Gasteiger partial charge is 0.207 e. The van der Waals surface area contributed by atoms with Gasteiger partial charge in [-0.2, -0.15) is 26.3 Å². The van der Waals surface area contributed by atoms with Crippen molar-refractivity contribution < 1.29 is 35.1 Å². The third-order valence-electron chi connectivity index (χ3n) is 2.86. The zero-order valence-electron chi connectivity index (χ0n) is 10.5. The van der Waals surface area contributed by atoms with Crippen molar-refractivity contribution in [1.82, 2.24) is 0 Å². The van der Waals surface area contributed by atoms with Gasteiger partial charge in [0.25, 0.3) is 0 Å². The normalized spacial score (nSPS) is 12.5. The van der Waals surface area contributed by atoms with Crippen molar-refractivity contribution in [1.29, 1.82) is 0 Å². The minimum absolute atomic E-state index is 0.298. The predicted octanol–water partition coefficient (Wildman–Crippen LogP) is 5.67. The Morgan fingerprint density at radius 3 is 1.14 bits per heavy atom. The first-order valence-corrected chi connectivity index (χ1v) is 5.74. The molecule has 0 N–H and O–H groups in total. The van der Waals surface area contributed by atoms with Gasteiger partial charge in [0.05, 0.1) is 11.1 Å². The van der Waals surface area contributed by atoms with Crippen LogP contribution in [0.4, 0.5) is 35.1 Å². The highest BCUT2D eigenvalue weighted by molar-refractivity contribution is 5.72. The molecule has 0 aliphatic carbocycles. The molecule has 0 nitrogen and oxygen atoms in total. The van der Waals surface area contributed by atoms with Crippen molar-refractivity contribution in [2.24, 2.45) is 0 Å². The lowest BCUT2D eigenvalue weighted by Crippen LogP contribution is -2.12. The summed E-state index contributed by atoms with van der Waals surface area (Å²) in [5.74, 6) is -2.33. The quantitative estimate of drug-likeness (QED) is 0.592. The molecule has 0 aromatic heterocycles. The summed E-state index contributed by atoms with van der Waals surface area (Å²) in [4.78, 5) is 0. The molecule has 0 radical (unpaired) electrons. The SMILES string of the molecule is Fc1ccc(C(F)(F)F)c(-c2cc(F)ccc2C(F)(F)F)c1. The Morgan fingerprint density at radius 1 is 0.545 bits per heavy atom. The topological polar surface area (TPSA) is 0 Å². The van der Waals surface area contributed by atoms with Crippen molar-refractivity contribution in [3.05, 3.63) is 59.2 Å². The molecular formula is C14H6F8. The molecule has 0 heterocycles. The Balaban J connectivity index is 2.82. The molecule has 0 saturated carbocycles. The van der Waals surface area contributed by atoms with Gasteiger partial charge in [-0.15, -0.1) is 0 Å². The van der Waals surface area contributed by atoms with Gasteiger partial charge in [0.15, 0.2) is 0 Å². The molecule has 0 atom stereocenters. The molecule has 2 aromatic rings. The van der Waals surface area contributed by atoms with Crippen LogP contribution >= 0.6 is 0 Å². The van der Waals surface area contributed by atoms with E-state index in [4.69, 9.17) is 0 Å². The van der Waals surface area contributed by atoms with Crippen molar-refractivity contribution in [2.75, 3.05) is 0 Å². The second kappa shape index (κ2) is 5.26. The Bertz CT molecular complexity index is 635. The molecule has 2 aromatic carbocycles. The van der Waals surface area contributed by atoms with Crippen LogP contribution in [0.25, 0.3) is 11.1 Å². The second-order valence-corrected chi connectivity index (χ2v) is 4.38. The number of rotatable bonds is 1.